The number of hydrogen-bond donors (Lipinski definition) is 2. The lowest BCUT2D eigenvalue weighted by atomic mass is 10.6. The van der Waals surface area contributed by atoms with Gasteiger partial charge in [0.1, 0.15) is 0 Å². The molecule has 0 fully saturated rings. The summed E-state index contributed by atoms with van der Waals surface area (Å²) in [7, 11) is 0. The summed E-state index contributed by atoms with van der Waals surface area (Å²) in [5, 5.41) is 11.0. The predicted octanol–water partition coefficient (Wildman–Crippen LogP) is 0.121. The van der Waals surface area contributed by atoms with Crippen LogP contribution in [0.15, 0.2) is 0 Å². The van der Waals surface area contributed by atoms with Gasteiger partial charge in [-0.05, 0) is 0 Å². The van der Waals surface area contributed by atoms with Crippen LogP contribution in [0.5, 0.6) is 0 Å². The minimum atomic E-state index is -4.56. The van der Waals surface area contributed by atoms with Crippen molar-refractivity contribution in [1.82, 2.24) is 5.32 Å². The summed E-state index contributed by atoms with van der Waals surface area (Å²) in [6.07, 6.45) is -4.56. The number of aliphatic hydroxyl groups is 1. The highest BCUT2D eigenvalue weighted by Crippen LogP contribution is 2.14. The van der Waals surface area contributed by atoms with Gasteiger partial charge in [-0.3, -0.25) is 4.74 Å². The Bertz CT molecular complexity index is 132. The lowest BCUT2D eigenvalue weighted by Crippen LogP contribution is -2.27. The first-order valence-electron chi connectivity index (χ1n) is 4.16. The summed E-state index contributed by atoms with van der Waals surface area (Å²) in [6.45, 7) is 0.664. The smallest absolute Gasteiger partial charge is 0.394 e. The van der Waals surface area contributed by atoms with E-state index in [-0.39, 0.29) is 19.8 Å². The molecule has 0 rings (SSSR count). The van der Waals surface area contributed by atoms with E-state index in [1.54, 1.807) is 0 Å². The van der Waals surface area contributed by atoms with E-state index < -0.39 is 13.0 Å². The Labute approximate surface area is 80.0 Å². The van der Waals surface area contributed by atoms with Crippen molar-refractivity contribution >= 4 is 0 Å². The number of ether oxygens (including phenoxy) is 2. The van der Waals surface area contributed by atoms with Gasteiger partial charge in [0, 0.05) is 13.1 Å². The third-order valence-electron chi connectivity index (χ3n) is 1.20. The fraction of sp³-hybridized carbons (Fsp3) is 1.00. The third kappa shape index (κ3) is 11.6. The van der Waals surface area contributed by atoms with Crippen LogP contribution >= 0.6 is 0 Å². The molecule has 0 aliphatic heterocycles. The molecule has 2 N–H and O–H groups in total. The molecule has 0 aromatic carbocycles. The molecule has 7 heteroatoms. The van der Waals surface area contributed by atoms with Crippen LogP contribution in [-0.2, 0) is 9.47 Å². The molecule has 0 radical (unpaired) electrons. The number of aliphatic hydroxyl groups excluding tert-OH is 1. The highest BCUT2D eigenvalue weighted by molar-refractivity contribution is 4.45. The predicted molar refractivity (Wildman–Crippen MR) is 42.8 cm³/mol. The van der Waals surface area contributed by atoms with Crippen molar-refractivity contribution in [2.45, 2.75) is 6.36 Å². The number of nitrogens with one attached hydrogen (secondary N) is 1. The van der Waals surface area contributed by atoms with Gasteiger partial charge in [0.05, 0.1) is 26.4 Å². The van der Waals surface area contributed by atoms with Gasteiger partial charge in [-0.25, -0.2) is 0 Å². The molecule has 0 aliphatic rings. The zero-order valence-electron chi connectivity index (χ0n) is 7.64. The van der Waals surface area contributed by atoms with Crippen LogP contribution in [0.2, 0.25) is 0 Å². The second-order valence-electron chi connectivity index (χ2n) is 2.38. The average Bonchev–Trinajstić information content (AvgIpc) is 2.08. The van der Waals surface area contributed by atoms with E-state index in [0.717, 1.165) is 0 Å². The van der Waals surface area contributed by atoms with E-state index in [0.29, 0.717) is 13.2 Å². The van der Waals surface area contributed by atoms with Gasteiger partial charge in [0.2, 0.25) is 0 Å². The average molecular weight is 217 g/mol. The SMILES string of the molecule is OCCOCCNCCOC(F)(F)F. The van der Waals surface area contributed by atoms with Gasteiger partial charge in [0.25, 0.3) is 0 Å². The first-order chi connectivity index (χ1) is 6.56. The summed E-state index contributed by atoms with van der Waals surface area (Å²) < 4.78 is 42.7. The summed E-state index contributed by atoms with van der Waals surface area (Å²) in [5.41, 5.74) is 0. The molecular formula is C7H14F3NO3. The maximum Gasteiger partial charge on any atom is 0.522 e. The van der Waals surface area contributed by atoms with Crippen LogP contribution in [0.3, 0.4) is 0 Å². The normalized spacial score (nSPS) is 12.0. The van der Waals surface area contributed by atoms with Crippen LogP contribution in [0, 0.1) is 0 Å². The number of rotatable bonds is 8. The van der Waals surface area contributed by atoms with Crippen molar-refractivity contribution in [1.29, 1.82) is 0 Å². The van der Waals surface area contributed by atoms with E-state index in [4.69, 9.17) is 9.84 Å². The van der Waals surface area contributed by atoms with Crippen molar-refractivity contribution in [3.63, 3.8) is 0 Å². The molecule has 0 unspecified atom stereocenters. The second-order valence-corrected chi connectivity index (χ2v) is 2.38. The van der Waals surface area contributed by atoms with Gasteiger partial charge in [-0.15, -0.1) is 13.2 Å². The van der Waals surface area contributed by atoms with E-state index in [1.165, 1.54) is 0 Å². The highest BCUT2D eigenvalue weighted by atomic mass is 19.4. The molecule has 0 saturated carbocycles. The fourth-order valence-electron chi connectivity index (χ4n) is 0.675. The monoisotopic (exact) mass is 217 g/mol. The summed E-state index contributed by atoms with van der Waals surface area (Å²) >= 11 is 0. The quantitative estimate of drug-likeness (QED) is 0.567. The standard InChI is InChI=1S/C7H14F3NO3/c8-7(9,10)14-5-2-11-1-4-13-6-3-12/h11-12H,1-6H2. The third-order valence-corrected chi connectivity index (χ3v) is 1.20. The van der Waals surface area contributed by atoms with Gasteiger partial charge in [0.15, 0.2) is 0 Å². The Kier molecular flexibility index (Phi) is 7.77. The molecule has 0 aliphatic carbocycles. The summed E-state index contributed by atoms with van der Waals surface area (Å²) in [4.78, 5) is 0. The Morgan fingerprint density at radius 2 is 1.71 bits per heavy atom. The maximum atomic E-state index is 11.4. The Hall–Kier alpha value is -0.370. The molecular weight excluding hydrogens is 203 g/mol. The van der Waals surface area contributed by atoms with Crippen molar-refractivity contribution in [3.05, 3.63) is 0 Å². The van der Waals surface area contributed by atoms with Crippen molar-refractivity contribution < 1.29 is 27.8 Å². The Balaban J connectivity index is 2.99. The van der Waals surface area contributed by atoms with E-state index >= 15 is 0 Å². The summed E-state index contributed by atoms with van der Waals surface area (Å²) in [6, 6.07) is 0. The molecule has 86 valence electrons. The van der Waals surface area contributed by atoms with E-state index in [2.05, 4.69) is 10.1 Å². The second kappa shape index (κ2) is 7.98. The van der Waals surface area contributed by atoms with Crippen LogP contribution in [0.1, 0.15) is 0 Å². The zero-order chi connectivity index (χ0) is 10.9. The largest absolute Gasteiger partial charge is 0.522 e. The van der Waals surface area contributed by atoms with Crippen molar-refractivity contribution in [2.24, 2.45) is 0 Å². The maximum absolute atomic E-state index is 11.4. The van der Waals surface area contributed by atoms with E-state index in [9.17, 15) is 13.2 Å². The molecule has 0 bridgehead atoms. The van der Waals surface area contributed by atoms with Gasteiger partial charge < -0.3 is 15.2 Å². The molecule has 0 amide bonds. The first kappa shape index (κ1) is 13.6. The van der Waals surface area contributed by atoms with Gasteiger partial charge >= 0.3 is 6.36 Å². The zero-order valence-corrected chi connectivity index (χ0v) is 7.64. The number of alkyl halides is 3. The molecule has 0 aromatic rings. The van der Waals surface area contributed by atoms with Gasteiger partial charge in [-0.1, -0.05) is 0 Å². The van der Waals surface area contributed by atoms with Gasteiger partial charge in [-0.2, -0.15) is 0 Å². The molecule has 0 heterocycles. The van der Waals surface area contributed by atoms with Crippen LogP contribution in [0.25, 0.3) is 0 Å². The summed E-state index contributed by atoms with van der Waals surface area (Å²) in [5.74, 6) is 0. The first-order valence-corrected chi connectivity index (χ1v) is 4.16. The number of hydrogen-bond acceptors (Lipinski definition) is 4. The fourth-order valence-corrected chi connectivity index (χ4v) is 0.675. The van der Waals surface area contributed by atoms with Crippen LogP contribution < -0.4 is 5.32 Å². The minimum absolute atomic E-state index is 0.0583. The minimum Gasteiger partial charge on any atom is -0.394 e. The molecule has 0 spiro atoms. The van der Waals surface area contributed by atoms with Crippen LogP contribution in [-0.4, -0.2) is 51.0 Å². The molecule has 0 saturated heterocycles. The van der Waals surface area contributed by atoms with Crippen LogP contribution in [0.4, 0.5) is 13.2 Å². The molecule has 14 heavy (non-hydrogen) atoms. The van der Waals surface area contributed by atoms with Crippen molar-refractivity contribution in [3.8, 4) is 0 Å². The molecule has 4 nitrogen and oxygen atoms in total. The lowest BCUT2D eigenvalue weighted by Gasteiger charge is -2.08. The Morgan fingerprint density at radius 3 is 2.29 bits per heavy atom. The topological polar surface area (TPSA) is 50.7 Å². The van der Waals surface area contributed by atoms with E-state index in [1.807, 2.05) is 0 Å². The number of halogens is 3. The van der Waals surface area contributed by atoms with Crippen molar-refractivity contribution in [2.75, 3.05) is 39.5 Å². The molecule has 0 aromatic heterocycles. The lowest BCUT2D eigenvalue weighted by molar-refractivity contribution is -0.323. The molecule has 0 atom stereocenters. The Morgan fingerprint density at radius 1 is 1.07 bits per heavy atom. The highest BCUT2D eigenvalue weighted by Gasteiger charge is 2.28.